The van der Waals surface area contributed by atoms with E-state index in [0.717, 1.165) is 12.7 Å². The molecule has 0 radical (unpaired) electrons. The van der Waals surface area contributed by atoms with Crippen LogP contribution in [0.5, 0.6) is 5.75 Å². The van der Waals surface area contributed by atoms with Crippen molar-refractivity contribution in [2.24, 2.45) is 0 Å². The van der Waals surface area contributed by atoms with Crippen LogP contribution in [0.4, 0.5) is 0 Å². The summed E-state index contributed by atoms with van der Waals surface area (Å²) < 4.78 is 3.59. The first kappa shape index (κ1) is 11.9. The Labute approximate surface area is 120 Å². The Balaban J connectivity index is 2.15. The lowest BCUT2D eigenvalue weighted by atomic mass is 10.2. The molecule has 0 bridgehead atoms. The Hall–Kier alpha value is -0.580. The van der Waals surface area contributed by atoms with Crippen LogP contribution in [-0.2, 0) is 6.54 Å². The highest BCUT2D eigenvalue weighted by atomic mass is 127. The zero-order valence-electron chi connectivity index (χ0n) is 8.06. The summed E-state index contributed by atoms with van der Waals surface area (Å²) in [5, 5.41) is 17.2. The number of hydrogen-bond acceptors (Lipinski definition) is 4. The quantitative estimate of drug-likeness (QED) is 0.714. The van der Waals surface area contributed by atoms with Crippen LogP contribution in [0.2, 0.25) is 0 Å². The molecule has 1 heterocycles. The Kier molecular flexibility index (Phi) is 3.84. The van der Waals surface area contributed by atoms with Gasteiger partial charge in [0, 0.05) is 9.13 Å². The van der Waals surface area contributed by atoms with E-state index >= 15 is 0 Å². The van der Waals surface area contributed by atoms with Gasteiger partial charge in [-0.15, -0.1) is 10.2 Å². The lowest BCUT2D eigenvalue weighted by Crippen LogP contribution is -2.12. The van der Waals surface area contributed by atoms with Gasteiger partial charge in [-0.1, -0.05) is 0 Å². The lowest BCUT2D eigenvalue weighted by molar-refractivity contribution is 0.464. The number of nitrogens with one attached hydrogen (secondary N) is 1. The van der Waals surface area contributed by atoms with Crippen molar-refractivity contribution in [3.63, 3.8) is 0 Å². The van der Waals surface area contributed by atoms with Crippen LogP contribution >= 0.6 is 45.2 Å². The summed E-state index contributed by atoms with van der Waals surface area (Å²) in [5.41, 5.74) is 3.91. The molecule has 0 aliphatic rings. The predicted octanol–water partition coefficient (Wildman–Crippen LogP) is 1.94. The average Bonchev–Trinajstić information content (AvgIpc) is 2.74. The van der Waals surface area contributed by atoms with E-state index in [1.54, 1.807) is 17.3 Å². The van der Waals surface area contributed by atoms with Crippen LogP contribution in [0, 0.1) is 7.14 Å². The molecule has 84 valence electrons. The molecule has 0 aliphatic heterocycles. The molecule has 5 nitrogen and oxygen atoms in total. The maximum absolute atomic E-state index is 9.86. The molecule has 2 N–H and O–H groups in total. The van der Waals surface area contributed by atoms with Crippen LogP contribution < -0.4 is 5.43 Å². The number of hydrogen-bond donors (Lipinski definition) is 2. The van der Waals surface area contributed by atoms with E-state index in [2.05, 4.69) is 60.8 Å². The minimum absolute atomic E-state index is 0.321. The number of benzene rings is 1. The highest BCUT2D eigenvalue weighted by Gasteiger charge is 2.06. The number of phenolic OH excluding ortho intramolecular Hbond substituents is 1. The highest BCUT2D eigenvalue weighted by Crippen LogP contribution is 2.26. The molecular weight excluding hydrogens is 434 g/mol. The molecule has 0 unspecified atom stereocenters. The molecular formula is C9H8I2N4O. The van der Waals surface area contributed by atoms with E-state index in [4.69, 9.17) is 0 Å². The minimum Gasteiger partial charge on any atom is -0.506 e. The summed E-state index contributed by atoms with van der Waals surface area (Å²) in [6, 6.07) is 3.87. The van der Waals surface area contributed by atoms with Crippen molar-refractivity contribution in [3.8, 4) is 5.75 Å². The van der Waals surface area contributed by atoms with Crippen LogP contribution in [0.25, 0.3) is 0 Å². The molecule has 0 saturated carbocycles. The van der Waals surface area contributed by atoms with Gasteiger partial charge < -0.3 is 10.5 Å². The van der Waals surface area contributed by atoms with Crippen molar-refractivity contribution in [1.29, 1.82) is 0 Å². The van der Waals surface area contributed by atoms with Gasteiger partial charge in [-0.2, -0.15) is 0 Å². The first-order chi connectivity index (χ1) is 7.66. The van der Waals surface area contributed by atoms with E-state index in [-0.39, 0.29) is 0 Å². The smallest absolute Gasteiger partial charge is 0.138 e. The molecule has 2 aromatic rings. The van der Waals surface area contributed by atoms with Gasteiger partial charge in [0.05, 0.1) is 10.1 Å². The van der Waals surface area contributed by atoms with E-state index in [0.29, 0.717) is 12.3 Å². The van der Waals surface area contributed by atoms with Crippen LogP contribution in [0.1, 0.15) is 5.56 Å². The zero-order chi connectivity index (χ0) is 11.5. The molecule has 0 spiro atoms. The topological polar surface area (TPSA) is 63.0 Å². The highest BCUT2D eigenvalue weighted by molar-refractivity contribution is 14.1. The van der Waals surface area contributed by atoms with Gasteiger partial charge in [-0.05, 0) is 57.3 Å². The SMILES string of the molecule is Oc1c(I)cc(I)cc1CNn1cnnc1. The Morgan fingerprint density at radius 1 is 1.25 bits per heavy atom. The number of phenols is 1. The van der Waals surface area contributed by atoms with Crippen molar-refractivity contribution in [1.82, 2.24) is 14.9 Å². The molecule has 0 fully saturated rings. The van der Waals surface area contributed by atoms with Crippen LogP contribution in [0.3, 0.4) is 0 Å². The molecule has 7 heteroatoms. The first-order valence-corrected chi connectivity index (χ1v) is 6.58. The Morgan fingerprint density at radius 2 is 1.94 bits per heavy atom. The summed E-state index contributed by atoms with van der Waals surface area (Å²) in [4.78, 5) is 0. The maximum atomic E-state index is 9.86. The molecule has 2 rings (SSSR count). The minimum atomic E-state index is 0.321. The molecule has 0 amide bonds. The van der Waals surface area contributed by atoms with Gasteiger partial charge in [0.25, 0.3) is 0 Å². The number of aromatic hydroxyl groups is 1. The fraction of sp³-hybridized carbons (Fsp3) is 0.111. The second-order valence-electron chi connectivity index (χ2n) is 3.10. The van der Waals surface area contributed by atoms with E-state index in [1.165, 1.54) is 0 Å². The third kappa shape index (κ3) is 2.75. The molecule has 1 aromatic heterocycles. The number of nitrogens with zero attached hydrogens (tertiary/aromatic N) is 3. The van der Waals surface area contributed by atoms with E-state index in [9.17, 15) is 5.11 Å². The van der Waals surface area contributed by atoms with Gasteiger partial charge in [-0.3, -0.25) is 0 Å². The third-order valence-corrected chi connectivity index (χ3v) is 3.42. The monoisotopic (exact) mass is 442 g/mol. The van der Waals surface area contributed by atoms with Crippen LogP contribution in [-0.4, -0.2) is 20.0 Å². The summed E-state index contributed by atoms with van der Waals surface area (Å²) in [5.74, 6) is 0.321. The fourth-order valence-electron chi connectivity index (χ4n) is 1.21. The molecule has 1 aromatic carbocycles. The van der Waals surface area contributed by atoms with Crippen molar-refractivity contribution >= 4 is 45.2 Å². The molecule has 0 atom stereocenters. The van der Waals surface area contributed by atoms with Crippen molar-refractivity contribution in [2.75, 3.05) is 5.43 Å². The van der Waals surface area contributed by atoms with Gasteiger partial charge in [0.2, 0.25) is 0 Å². The second-order valence-corrected chi connectivity index (χ2v) is 5.51. The van der Waals surface area contributed by atoms with Gasteiger partial charge in [-0.25, -0.2) is 4.68 Å². The molecule has 16 heavy (non-hydrogen) atoms. The summed E-state index contributed by atoms with van der Waals surface area (Å²) in [7, 11) is 0. The van der Waals surface area contributed by atoms with Gasteiger partial charge in [0.15, 0.2) is 0 Å². The average molecular weight is 442 g/mol. The standard InChI is InChI=1S/C9H8I2N4O/c10-7-1-6(9(16)8(11)2-7)3-14-15-4-12-13-5-15/h1-2,4-5,14,16H,3H2. The fourth-order valence-corrected chi connectivity index (χ4v) is 3.18. The summed E-state index contributed by atoms with van der Waals surface area (Å²) >= 11 is 4.34. The zero-order valence-corrected chi connectivity index (χ0v) is 12.4. The van der Waals surface area contributed by atoms with Crippen molar-refractivity contribution in [3.05, 3.63) is 37.5 Å². The summed E-state index contributed by atoms with van der Waals surface area (Å²) in [6.07, 6.45) is 3.13. The summed E-state index contributed by atoms with van der Waals surface area (Å²) in [6.45, 7) is 0.525. The van der Waals surface area contributed by atoms with Gasteiger partial charge in [0.1, 0.15) is 18.4 Å². The van der Waals surface area contributed by atoms with Gasteiger partial charge >= 0.3 is 0 Å². The molecule has 0 saturated heterocycles. The normalized spacial score (nSPS) is 10.4. The van der Waals surface area contributed by atoms with Crippen molar-refractivity contribution < 1.29 is 5.11 Å². The third-order valence-electron chi connectivity index (χ3n) is 1.98. The Bertz CT molecular complexity index is 487. The van der Waals surface area contributed by atoms with Crippen LogP contribution in [0.15, 0.2) is 24.8 Å². The van der Waals surface area contributed by atoms with E-state index < -0.39 is 0 Å². The molecule has 0 aliphatic carbocycles. The Morgan fingerprint density at radius 3 is 2.62 bits per heavy atom. The van der Waals surface area contributed by atoms with Crippen molar-refractivity contribution in [2.45, 2.75) is 6.54 Å². The van der Waals surface area contributed by atoms with E-state index in [1.807, 2.05) is 12.1 Å². The number of rotatable bonds is 3. The predicted molar refractivity (Wildman–Crippen MR) is 76.6 cm³/mol. The maximum Gasteiger partial charge on any atom is 0.138 e. The number of halogens is 2. The number of aromatic nitrogens is 3. The second kappa shape index (κ2) is 5.17. The largest absolute Gasteiger partial charge is 0.506 e. The lowest BCUT2D eigenvalue weighted by Gasteiger charge is -2.09. The first-order valence-electron chi connectivity index (χ1n) is 4.42.